The maximum Gasteiger partial charge on any atom is 0.0752 e. The molecule has 0 rings (SSSR count). The summed E-state index contributed by atoms with van der Waals surface area (Å²) in [5, 5.41) is 18.2. The van der Waals surface area contributed by atoms with Crippen LogP contribution >= 0.6 is 0 Å². The van der Waals surface area contributed by atoms with E-state index in [2.05, 4.69) is 6.58 Å². The first-order chi connectivity index (χ1) is 5.76. The predicted octanol–water partition coefficient (Wildman–Crippen LogP) is 1.50. The molecule has 0 amide bonds. The van der Waals surface area contributed by atoms with Crippen molar-refractivity contribution in [2.45, 2.75) is 25.9 Å². The third kappa shape index (κ3) is 4.31. The minimum absolute atomic E-state index is 0.101. The van der Waals surface area contributed by atoms with Gasteiger partial charge < -0.3 is 10.2 Å². The van der Waals surface area contributed by atoms with Gasteiger partial charge >= 0.3 is 0 Å². The summed E-state index contributed by atoms with van der Waals surface area (Å²) in [6.45, 7) is 5.59. The van der Waals surface area contributed by atoms with Crippen molar-refractivity contribution in [3.63, 3.8) is 0 Å². The Labute approximate surface area is 74.2 Å². The summed E-state index contributed by atoms with van der Waals surface area (Å²) in [6, 6.07) is 0. The molecule has 0 fully saturated rings. The number of rotatable bonds is 6. The van der Waals surface area contributed by atoms with Gasteiger partial charge in [-0.25, -0.2) is 0 Å². The number of hydrogen-bond donors (Lipinski definition) is 2. The van der Waals surface area contributed by atoms with E-state index in [0.29, 0.717) is 6.42 Å². The van der Waals surface area contributed by atoms with Crippen LogP contribution in [0.5, 0.6) is 0 Å². The highest BCUT2D eigenvalue weighted by atomic mass is 16.3. The van der Waals surface area contributed by atoms with Gasteiger partial charge in [0.2, 0.25) is 0 Å². The van der Waals surface area contributed by atoms with Gasteiger partial charge in [0, 0.05) is 6.61 Å². The van der Waals surface area contributed by atoms with Gasteiger partial charge in [0.25, 0.3) is 0 Å². The highest BCUT2D eigenvalue weighted by molar-refractivity contribution is 4.91. The van der Waals surface area contributed by atoms with Crippen LogP contribution in [0.25, 0.3) is 0 Å². The van der Waals surface area contributed by atoms with E-state index in [-0.39, 0.29) is 12.5 Å². The van der Waals surface area contributed by atoms with Gasteiger partial charge in [-0.1, -0.05) is 18.2 Å². The Morgan fingerprint density at radius 1 is 1.50 bits per heavy atom. The molecule has 0 aliphatic carbocycles. The van der Waals surface area contributed by atoms with E-state index in [1.165, 1.54) is 0 Å². The zero-order valence-corrected chi connectivity index (χ0v) is 7.61. The van der Waals surface area contributed by atoms with Crippen LogP contribution in [-0.2, 0) is 0 Å². The maximum absolute atomic E-state index is 9.53. The molecule has 0 aromatic rings. The van der Waals surface area contributed by atoms with E-state index in [4.69, 9.17) is 5.11 Å². The largest absolute Gasteiger partial charge is 0.396 e. The van der Waals surface area contributed by atoms with Gasteiger partial charge in [-0.15, -0.1) is 6.58 Å². The minimum atomic E-state index is -0.458. The molecule has 12 heavy (non-hydrogen) atoms. The van der Waals surface area contributed by atoms with Crippen LogP contribution in [0.2, 0.25) is 0 Å². The third-order valence-electron chi connectivity index (χ3n) is 1.84. The summed E-state index contributed by atoms with van der Waals surface area (Å²) < 4.78 is 0. The van der Waals surface area contributed by atoms with Crippen molar-refractivity contribution in [1.29, 1.82) is 0 Å². The Hall–Kier alpha value is -0.600. The lowest BCUT2D eigenvalue weighted by molar-refractivity contribution is 0.129. The summed E-state index contributed by atoms with van der Waals surface area (Å²) in [5.74, 6) is 0.101. The summed E-state index contributed by atoms with van der Waals surface area (Å²) in [4.78, 5) is 0. The molecule has 0 aliphatic heterocycles. The molecule has 0 saturated carbocycles. The molecule has 2 unspecified atom stereocenters. The fraction of sp³-hybridized carbons (Fsp3) is 0.600. The molecule has 70 valence electrons. The molecular formula is C10H18O2. The summed E-state index contributed by atoms with van der Waals surface area (Å²) in [5.41, 5.74) is 0. The Morgan fingerprint density at radius 3 is 2.58 bits per heavy atom. The first-order valence-electron chi connectivity index (χ1n) is 4.28. The molecule has 2 atom stereocenters. The third-order valence-corrected chi connectivity index (χ3v) is 1.84. The van der Waals surface area contributed by atoms with Gasteiger partial charge in [0.15, 0.2) is 0 Å². The average Bonchev–Trinajstić information content (AvgIpc) is 2.04. The lowest BCUT2D eigenvalue weighted by Crippen LogP contribution is -2.18. The molecule has 2 N–H and O–H groups in total. The predicted molar refractivity (Wildman–Crippen MR) is 50.8 cm³/mol. The second-order valence-electron chi connectivity index (χ2n) is 2.81. The van der Waals surface area contributed by atoms with Crippen LogP contribution in [0, 0.1) is 5.92 Å². The van der Waals surface area contributed by atoms with Crippen molar-refractivity contribution in [1.82, 2.24) is 0 Å². The molecule has 0 aromatic carbocycles. The fourth-order valence-electron chi connectivity index (χ4n) is 1.16. The highest BCUT2D eigenvalue weighted by Gasteiger charge is 2.13. The second-order valence-corrected chi connectivity index (χ2v) is 2.81. The molecule has 0 aliphatic rings. The SMILES string of the molecule is C=CCC(CCO)C(O)C=CC. The van der Waals surface area contributed by atoms with Crippen LogP contribution in [0.4, 0.5) is 0 Å². The smallest absolute Gasteiger partial charge is 0.0752 e. The lowest BCUT2D eigenvalue weighted by atomic mass is 9.95. The standard InChI is InChI=1S/C10H18O2/c1-3-5-9(7-8-11)10(12)6-4-2/h3-4,6,9-12H,1,5,7-8H2,2H3. The summed E-state index contributed by atoms with van der Waals surface area (Å²) in [7, 11) is 0. The van der Waals surface area contributed by atoms with Gasteiger partial charge in [-0.3, -0.25) is 0 Å². The van der Waals surface area contributed by atoms with Crippen LogP contribution in [-0.4, -0.2) is 22.9 Å². The molecule has 0 bridgehead atoms. The zero-order chi connectivity index (χ0) is 9.40. The van der Waals surface area contributed by atoms with Crippen molar-refractivity contribution < 1.29 is 10.2 Å². The van der Waals surface area contributed by atoms with E-state index < -0.39 is 6.10 Å². The molecule has 0 aromatic heterocycles. The van der Waals surface area contributed by atoms with Crippen molar-refractivity contribution in [3.8, 4) is 0 Å². The minimum Gasteiger partial charge on any atom is -0.396 e. The Kier molecular flexibility index (Phi) is 6.72. The number of hydrogen-bond acceptors (Lipinski definition) is 2. The van der Waals surface area contributed by atoms with Crippen LogP contribution in [0.3, 0.4) is 0 Å². The molecule has 2 nitrogen and oxygen atoms in total. The molecule has 0 saturated heterocycles. The average molecular weight is 170 g/mol. The van der Waals surface area contributed by atoms with Gasteiger partial charge in [-0.2, -0.15) is 0 Å². The first kappa shape index (κ1) is 11.4. The number of aliphatic hydroxyl groups is 2. The van der Waals surface area contributed by atoms with Gasteiger partial charge in [0.1, 0.15) is 0 Å². The zero-order valence-electron chi connectivity index (χ0n) is 7.61. The van der Waals surface area contributed by atoms with Crippen molar-refractivity contribution in [3.05, 3.63) is 24.8 Å². The fourth-order valence-corrected chi connectivity index (χ4v) is 1.16. The number of allylic oxidation sites excluding steroid dienone is 2. The summed E-state index contributed by atoms with van der Waals surface area (Å²) >= 11 is 0. The normalized spacial score (nSPS) is 16.2. The number of aliphatic hydroxyl groups excluding tert-OH is 2. The molecule has 0 spiro atoms. The Balaban J connectivity index is 3.97. The molecular weight excluding hydrogens is 152 g/mol. The van der Waals surface area contributed by atoms with E-state index in [0.717, 1.165) is 6.42 Å². The van der Waals surface area contributed by atoms with Crippen LogP contribution in [0.1, 0.15) is 19.8 Å². The van der Waals surface area contributed by atoms with Crippen molar-refractivity contribution >= 4 is 0 Å². The van der Waals surface area contributed by atoms with Crippen LogP contribution in [0.15, 0.2) is 24.8 Å². The first-order valence-corrected chi connectivity index (χ1v) is 4.28. The van der Waals surface area contributed by atoms with Crippen molar-refractivity contribution in [2.24, 2.45) is 5.92 Å². The van der Waals surface area contributed by atoms with E-state index in [9.17, 15) is 5.11 Å². The highest BCUT2D eigenvalue weighted by Crippen LogP contribution is 2.14. The topological polar surface area (TPSA) is 40.5 Å². The van der Waals surface area contributed by atoms with E-state index in [1.54, 1.807) is 12.2 Å². The van der Waals surface area contributed by atoms with E-state index >= 15 is 0 Å². The van der Waals surface area contributed by atoms with Crippen LogP contribution < -0.4 is 0 Å². The van der Waals surface area contributed by atoms with Crippen molar-refractivity contribution in [2.75, 3.05) is 6.61 Å². The van der Waals surface area contributed by atoms with Gasteiger partial charge in [-0.05, 0) is 25.7 Å². The molecule has 0 heterocycles. The van der Waals surface area contributed by atoms with Gasteiger partial charge in [0.05, 0.1) is 6.10 Å². The second kappa shape index (κ2) is 7.07. The monoisotopic (exact) mass is 170 g/mol. The summed E-state index contributed by atoms with van der Waals surface area (Å²) in [6.07, 6.45) is 6.23. The quantitative estimate of drug-likeness (QED) is 0.593. The Bertz CT molecular complexity index is 141. The lowest BCUT2D eigenvalue weighted by Gasteiger charge is -2.17. The molecule has 0 radical (unpaired) electrons. The molecule has 2 heteroatoms. The maximum atomic E-state index is 9.53. The van der Waals surface area contributed by atoms with E-state index in [1.807, 2.05) is 13.0 Å². The Morgan fingerprint density at radius 2 is 2.17 bits per heavy atom.